The van der Waals surface area contributed by atoms with Crippen molar-refractivity contribution in [2.45, 2.75) is 19.4 Å². The Morgan fingerprint density at radius 2 is 2.00 bits per heavy atom. The lowest BCUT2D eigenvalue weighted by Crippen LogP contribution is -2.28. The molecule has 2 aromatic heterocycles. The highest BCUT2D eigenvalue weighted by Crippen LogP contribution is 2.18. The fourth-order valence-electron chi connectivity index (χ4n) is 3.76. The van der Waals surface area contributed by atoms with E-state index in [0.29, 0.717) is 34.3 Å². The van der Waals surface area contributed by atoms with Crippen LogP contribution in [0.15, 0.2) is 72.0 Å². The largest absolute Gasteiger partial charge is 0.342 e. The molecule has 0 bridgehead atoms. The van der Waals surface area contributed by atoms with E-state index in [1.54, 1.807) is 36.2 Å². The third-order valence-electron chi connectivity index (χ3n) is 5.53. The maximum Gasteiger partial charge on any atom is 0.262 e. The van der Waals surface area contributed by atoms with Crippen LogP contribution in [0.25, 0.3) is 22.2 Å². The zero-order valence-electron chi connectivity index (χ0n) is 18.4. The Labute approximate surface area is 196 Å². The van der Waals surface area contributed by atoms with E-state index in [-0.39, 0.29) is 11.5 Å². The van der Waals surface area contributed by atoms with Crippen molar-refractivity contribution in [2.75, 3.05) is 13.6 Å². The summed E-state index contributed by atoms with van der Waals surface area (Å²) in [6.07, 6.45) is 3.20. The van der Waals surface area contributed by atoms with Crippen LogP contribution in [0.4, 0.5) is 0 Å². The summed E-state index contributed by atoms with van der Waals surface area (Å²) in [5.41, 5.74) is 3.87. The van der Waals surface area contributed by atoms with E-state index in [4.69, 9.17) is 12.2 Å². The zero-order chi connectivity index (χ0) is 23.4. The number of carbonyl (C=O) groups is 1. The molecular formula is C25H25N5O2S. The number of fused-ring (bicyclic) bond motifs is 1. The molecule has 0 fully saturated rings. The molecule has 0 aliphatic carbocycles. The number of aromatic nitrogens is 4. The summed E-state index contributed by atoms with van der Waals surface area (Å²) in [7, 11) is 1.78. The molecule has 0 spiro atoms. The molecule has 0 saturated carbocycles. The topological polar surface area (TPSA) is 86.8 Å². The van der Waals surface area contributed by atoms with E-state index in [9.17, 15) is 9.59 Å². The summed E-state index contributed by atoms with van der Waals surface area (Å²) in [5.74, 6) is -0.110. The van der Waals surface area contributed by atoms with Crippen LogP contribution in [-0.2, 0) is 13.0 Å². The van der Waals surface area contributed by atoms with E-state index in [1.165, 1.54) is 4.57 Å². The number of benzene rings is 2. The second kappa shape index (κ2) is 9.79. The van der Waals surface area contributed by atoms with Crippen LogP contribution >= 0.6 is 12.2 Å². The predicted octanol–water partition coefficient (Wildman–Crippen LogP) is 4.34. The molecular weight excluding hydrogens is 434 g/mol. The molecule has 0 aliphatic rings. The first-order valence-electron chi connectivity index (χ1n) is 10.7. The number of H-pyrrole nitrogens is 2. The second-order valence-corrected chi connectivity index (χ2v) is 8.26. The highest BCUT2D eigenvalue weighted by molar-refractivity contribution is 7.71. The van der Waals surface area contributed by atoms with Crippen molar-refractivity contribution in [1.82, 2.24) is 24.6 Å². The van der Waals surface area contributed by atoms with Crippen molar-refractivity contribution in [1.29, 1.82) is 0 Å². The van der Waals surface area contributed by atoms with Crippen molar-refractivity contribution in [3.8, 4) is 11.3 Å². The Balaban J connectivity index is 1.41. The minimum atomic E-state index is -0.199. The molecule has 0 radical (unpaired) electrons. The lowest BCUT2D eigenvalue weighted by molar-refractivity contribution is 0.0793. The van der Waals surface area contributed by atoms with E-state index in [0.717, 1.165) is 29.8 Å². The molecule has 7 nitrogen and oxygen atoms in total. The fraction of sp³-hybridized carbons (Fsp3) is 0.200. The predicted molar refractivity (Wildman–Crippen MR) is 133 cm³/mol. The van der Waals surface area contributed by atoms with Crippen LogP contribution in [0.1, 0.15) is 22.5 Å². The van der Waals surface area contributed by atoms with Gasteiger partial charge in [-0.05, 0) is 49.3 Å². The Morgan fingerprint density at radius 3 is 2.76 bits per heavy atom. The quantitative estimate of drug-likeness (QED) is 0.303. The maximum atomic E-state index is 12.9. The fourth-order valence-corrected chi connectivity index (χ4v) is 4.02. The number of nitrogens with one attached hydrogen (secondary N) is 2. The van der Waals surface area contributed by atoms with Crippen molar-refractivity contribution >= 4 is 29.0 Å². The number of nitrogens with zero attached hydrogens (tertiary/aromatic N) is 3. The average molecular weight is 460 g/mol. The molecule has 168 valence electrons. The molecule has 33 heavy (non-hydrogen) atoms. The number of hydrogen-bond donors (Lipinski definition) is 2. The molecule has 4 rings (SSSR count). The van der Waals surface area contributed by atoms with Crippen molar-refractivity contribution in [3.05, 3.63) is 93.6 Å². The number of carbonyl (C=O) groups excluding carboxylic acids is 1. The number of aryl methyl sites for hydroxylation is 1. The van der Waals surface area contributed by atoms with Gasteiger partial charge in [0.2, 0.25) is 0 Å². The molecule has 0 aliphatic heterocycles. The summed E-state index contributed by atoms with van der Waals surface area (Å²) in [4.78, 5) is 30.3. The Bertz CT molecular complexity index is 1420. The SMILES string of the molecule is C=CCn1c(=S)[nH]c2cc(C(=O)N(C)CCCc3cc(-c4ccccc4)n[nH]3)ccc2c1=O. The highest BCUT2D eigenvalue weighted by Gasteiger charge is 2.14. The minimum Gasteiger partial charge on any atom is -0.342 e. The first kappa shape index (κ1) is 22.4. The van der Waals surface area contributed by atoms with Gasteiger partial charge in [-0.15, -0.1) is 6.58 Å². The van der Waals surface area contributed by atoms with Crippen LogP contribution in [0, 0.1) is 4.77 Å². The van der Waals surface area contributed by atoms with Gasteiger partial charge in [-0.1, -0.05) is 36.4 Å². The van der Waals surface area contributed by atoms with Gasteiger partial charge in [0.15, 0.2) is 4.77 Å². The summed E-state index contributed by atoms with van der Waals surface area (Å²) in [6, 6.07) is 17.1. The first-order valence-corrected chi connectivity index (χ1v) is 11.1. The summed E-state index contributed by atoms with van der Waals surface area (Å²) < 4.78 is 1.75. The molecule has 2 N–H and O–H groups in total. The molecule has 8 heteroatoms. The van der Waals surface area contributed by atoms with Crippen molar-refractivity contribution < 1.29 is 4.79 Å². The lowest BCUT2D eigenvalue weighted by atomic mass is 10.1. The lowest BCUT2D eigenvalue weighted by Gasteiger charge is -2.17. The third-order valence-corrected chi connectivity index (χ3v) is 5.85. The van der Waals surface area contributed by atoms with Gasteiger partial charge in [-0.2, -0.15) is 5.10 Å². The molecule has 2 heterocycles. The van der Waals surface area contributed by atoms with E-state index < -0.39 is 0 Å². The van der Waals surface area contributed by atoms with Gasteiger partial charge < -0.3 is 9.88 Å². The number of allylic oxidation sites excluding steroid dienone is 1. The van der Waals surface area contributed by atoms with Crippen molar-refractivity contribution in [3.63, 3.8) is 0 Å². The number of hydrogen-bond acceptors (Lipinski definition) is 4. The summed E-state index contributed by atoms with van der Waals surface area (Å²) >= 11 is 5.29. The maximum absolute atomic E-state index is 12.9. The zero-order valence-corrected chi connectivity index (χ0v) is 19.2. The Hall–Kier alpha value is -3.78. The Morgan fingerprint density at radius 1 is 1.21 bits per heavy atom. The van der Waals surface area contributed by atoms with Crippen LogP contribution in [0.3, 0.4) is 0 Å². The molecule has 0 atom stereocenters. The summed E-state index contributed by atoms with van der Waals surface area (Å²) in [5, 5.41) is 7.94. The van der Waals surface area contributed by atoms with Crippen LogP contribution < -0.4 is 5.56 Å². The highest BCUT2D eigenvalue weighted by atomic mass is 32.1. The van der Waals surface area contributed by atoms with Gasteiger partial charge in [-0.3, -0.25) is 19.3 Å². The van der Waals surface area contributed by atoms with Crippen molar-refractivity contribution in [2.24, 2.45) is 0 Å². The van der Waals surface area contributed by atoms with E-state index >= 15 is 0 Å². The van der Waals surface area contributed by atoms with E-state index in [2.05, 4.69) is 21.8 Å². The third kappa shape index (κ3) is 4.85. The standard InChI is InChI=1S/C25H25N5O2S/c1-3-13-30-24(32)20-12-11-18(15-22(20)26-25(30)33)23(31)29(2)14-7-10-19-16-21(28-27-19)17-8-5-4-6-9-17/h3-6,8-9,11-12,15-16H,1,7,10,13-14H2,2H3,(H,26,33)(H,27,28). The monoisotopic (exact) mass is 459 g/mol. The van der Waals surface area contributed by atoms with Gasteiger partial charge in [0.1, 0.15) is 0 Å². The average Bonchev–Trinajstić information content (AvgIpc) is 3.30. The molecule has 1 amide bonds. The second-order valence-electron chi connectivity index (χ2n) is 7.87. The molecule has 2 aromatic carbocycles. The van der Waals surface area contributed by atoms with E-state index in [1.807, 2.05) is 36.4 Å². The molecule has 4 aromatic rings. The van der Waals surface area contributed by atoms with Crippen LogP contribution in [0.5, 0.6) is 0 Å². The molecule has 0 saturated heterocycles. The van der Waals surface area contributed by atoms with Crippen LogP contribution in [-0.4, -0.2) is 44.1 Å². The van der Waals surface area contributed by atoms with Crippen LogP contribution in [0.2, 0.25) is 0 Å². The Kier molecular flexibility index (Phi) is 6.65. The summed E-state index contributed by atoms with van der Waals surface area (Å²) in [6.45, 7) is 4.58. The normalized spacial score (nSPS) is 10.9. The number of aromatic amines is 2. The van der Waals surface area contributed by atoms with Gasteiger partial charge in [0.05, 0.1) is 16.6 Å². The number of amides is 1. The molecule has 0 unspecified atom stereocenters. The van der Waals surface area contributed by atoms with Gasteiger partial charge in [-0.25, -0.2) is 0 Å². The van der Waals surface area contributed by atoms with Gasteiger partial charge >= 0.3 is 0 Å². The minimum absolute atomic E-state index is 0.110. The number of rotatable bonds is 8. The van der Waals surface area contributed by atoms with Gasteiger partial charge in [0, 0.05) is 37.0 Å². The van der Waals surface area contributed by atoms with Gasteiger partial charge in [0.25, 0.3) is 11.5 Å². The first-order chi connectivity index (χ1) is 16.0. The smallest absolute Gasteiger partial charge is 0.262 e.